The van der Waals surface area contributed by atoms with E-state index in [4.69, 9.17) is 9.15 Å². The van der Waals surface area contributed by atoms with Gasteiger partial charge in [-0.05, 0) is 49.2 Å². The summed E-state index contributed by atoms with van der Waals surface area (Å²) >= 11 is 0. The van der Waals surface area contributed by atoms with Crippen LogP contribution in [0.4, 0.5) is 10.5 Å². The number of aliphatic hydroxyl groups is 1. The van der Waals surface area contributed by atoms with Crippen LogP contribution in [0.15, 0.2) is 41.0 Å². The van der Waals surface area contributed by atoms with E-state index >= 15 is 0 Å². The number of ether oxygens (including phenoxy) is 1. The molecule has 0 saturated carbocycles. The Hall–Kier alpha value is -2.47. The third-order valence-electron chi connectivity index (χ3n) is 3.25. The van der Waals surface area contributed by atoms with Crippen molar-refractivity contribution in [2.24, 2.45) is 0 Å². The number of furan rings is 1. The number of benzene rings is 1. The van der Waals surface area contributed by atoms with Crippen molar-refractivity contribution < 1.29 is 19.1 Å². The van der Waals surface area contributed by atoms with Gasteiger partial charge in [0.25, 0.3) is 0 Å². The van der Waals surface area contributed by atoms with E-state index in [1.807, 2.05) is 26.0 Å². The largest absolute Gasteiger partial charge is 0.494 e. The molecule has 2 amide bonds. The van der Waals surface area contributed by atoms with Crippen LogP contribution in [0.3, 0.4) is 0 Å². The highest BCUT2D eigenvalue weighted by Gasteiger charge is 2.12. The van der Waals surface area contributed by atoms with Crippen LogP contribution in [0.25, 0.3) is 0 Å². The SMILES string of the molecule is CCCOc1ccc(NC(=O)NCC(O)c2ccco2)c(C)c1. The van der Waals surface area contributed by atoms with Gasteiger partial charge in [-0.15, -0.1) is 0 Å². The highest BCUT2D eigenvalue weighted by atomic mass is 16.5. The van der Waals surface area contributed by atoms with E-state index in [9.17, 15) is 9.90 Å². The van der Waals surface area contributed by atoms with Gasteiger partial charge in [-0.25, -0.2) is 4.79 Å². The summed E-state index contributed by atoms with van der Waals surface area (Å²) in [4.78, 5) is 11.9. The molecule has 6 nitrogen and oxygen atoms in total. The number of aryl methyl sites for hydroxylation is 1. The quantitative estimate of drug-likeness (QED) is 0.732. The number of aliphatic hydroxyl groups excluding tert-OH is 1. The van der Waals surface area contributed by atoms with Crippen LogP contribution in [-0.4, -0.2) is 24.3 Å². The summed E-state index contributed by atoms with van der Waals surface area (Å²) in [5.41, 5.74) is 1.60. The van der Waals surface area contributed by atoms with Gasteiger partial charge in [-0.3, -0.25) is 0 Å². The molecule has 1 heterocycles. The van der Waals surface area contributed by atoms with Crippen LogP contribution in [0.1, 0.15) is 30.8 Å². The molecule has 1 atom stereocenters. The summed E-state index contributed by atoms with van der Waals surface area (Å²) in [5, 5.41) is 15.2. The molecule has 0 radical (unpaired) electrons. The summed E-state index contributed by atoms with van der Waals surface area (Å²) in [6.07, 6.45) is 1.55. The van der Waals surface area contributed by atoms with Crippen LogP contribution < -0.4 is 15.4 Å². The van der Waals surface area contributed by atoms with Crippen molar-refractivity contribution >= 4 is 11.7 Å². The lowest BCUT2D eigenvalue weighted by atomic mass is 10.2. The second-order valence-corrected chi connectivity index (χ2v) is 5.19. The zero-order chi connectivity index (χ0) is 16.7. The first-order valence-electron chi connectivity index (χ1n) is 7.60. The summed E-state index contributed by atoms with van der Waals surface area (Å²) in [7, 11) is 0. The first kappa shape index (κ1) is 16.9. The molecule has 3 N–H and O–H groups in total. The Balaban J connectivity index is 1.85. The smallest absolute Gasteiger partial charge is 0.319 e. The number of hydrogen-bond acceptors (Lipinski definition) is 4. The van der Waals surface area contributed by atoms with E-state index in [0.717, 1.165) is 17.7 Å². The lowest BCUT2D eigenvalue weighted by Gasteiger charge is -2.13. The highest BCUT2D eigenvalue weighted by Crippen LogP contribution is 2.21. The topological polar surface area (TPSA) is 83.7 Å². The van der Waals surface area contributed by atoms with Gasteiger partial charge >= 0.3 is 6.03 Å². The molecule has 1 aromatic heterocycles. The van der Waals surface area contributed by atoms with E-state index in [0.29, 0.717) is 18.1 Å². The first-order valence-corrected chi connectivity index (χ1v) is 7.60. The van der Waals surface area contributed by atoms with Crippen molar-refractivity contribution in [3.8, 4) is 5.75 Å². The van der Waals surface area contributed by atoms with Gasteiger partial charge in [-0.2, -0.15) is 0 Å². The molecule has 0 aliphatic carbocycles. The Morgan fingerprint density at radius 3 is 2.87 bits per heavy atom. The van der Waals surface area contributed by atoms with Crippen molar-refractivity contribution in [3.63, 3.8) is 0 Å². The van der Waals surface area contributed by atoms with Crippen molar-refractivity contribution in [2.75, 3.05) is 18.5 Å². The molecule has 0 saturated heterocycles. The molecule has 0 fully saturated rings. The molecular weight excluding hydrogens is 296 g/mol. The molecule has 2 aromatic rings. The Morgan fingerprint density at radius 1 is 1.39 bits per heavy atom. The molecule has 1 unspecified atom stereocenters. The minimum absolute atomic E-state index is 0.0656. The first-order chi connectivity index (χ1) is 11.1. The molecule has 23 heavy (non-hydrogen) atoms. The van der Waals surface area contributed by atoms with E-state index in [1.54, 1.807) is 18.2 Å². The predicted molar refractivity (Wildman–Crippen MR) is 87.7 cm³/mol. The average Bonchev–Trinajstić information content (AvgIpc) is 3.07. The number of rotatable bonds is 7. The number of urea groups is 1. The van der Waals surface area contributed by atoms with Gasteiger partial charge in [-0.1, -0.05) is 6.92 Å². The second-order valence-electron chi connectivity index (χ2n) is 5.19. The van der Waals surface area contributed by atoms with Crippen molar-refractivity contribution in [3.05, 3.63) is 47.9 Å². The fraction of sp³-hybridized carbons (Fsp3) is 0.353. The average molecular weight is 318 g/mol. The van der Waals surface area contributed by atoms with Crippen LogP contribution in [0.5, 0.6) is 5.75 Å². The summed E-state index contributed by atoms with van der Waals surface area (Å²) in [6, 6.07) is 8.44. The van der Waals surface area contributed by atoms with Gasteiger partial charge in [0.2, 0.25) is 0 Å². The molecule has 6 heteroatoms. The third-order valence-corrected chi connectivity index (χ3v) is 3.25. The van der Waals surface area contributed by atoms with E-state index in [1.165, 1.54) is 6.26 Å². The molecule has 0 aliphatic heterocycles. The maximum atomic E-state index is 11.9. The minimum Gasteiger partial charge on any atom is -0.494 e. The van der Waals surface area contributed by atoms with Gasteiger partial charge in [0.15, 0.2) is 0 Å². The molecule has 0 spiro atoms. The number of amides is 2. The Kier molecular flexibility index (Phi) is 6.05. The van der Waals surface area contributed by atoms with Crippen LogP contribution in [0.2, 0.25) is 0 Å². The molecular formula is C17H22N2O4. The zero-order valence-corrected chi connectivity index (χ0v) is 13.3. The van der Waals surface area contributed by atoms with Gasteiger partial charge < -0.3 is 24.9 Å². The van der Waals surface area contributed by atoms with E-state index in [-0.39, 0.29) is 12.6 Å². The second kappa shape index (κ2) is 8.24. The zero-order valence-electron chi connectivity index (χ0n) is 13.3. The normalized spacial score (nSPS) is 11.8. The molecule has 2 rings (SSSR count). The Morgan fingerprint density at radius 2 is 2.22 bits per heavy atom. The van der Waals surface area contributed by atoms with Crippen LogP contribution in [0, 0.1) is 6.92 Å². The van der Waals surface area contributed by atoms with Crippen molar-refractivity contribution in [2.45, 2.75) is 26.4 Å². The van der Waals surface area contributed by atoms with Gasteiger partial charge in [0.1, 0.15) is 17.6 Å². The molecule has 1 aromatic carbocycles. The van der Waals surface area contributed by atoms with E-state index in [2.05, 4.69) is 10.6 Å². The molecule has 124 valence electrons. The van der Waals surface area contributed by atoms with E-state index < -0.39 is 6.10 Å². The molecule has 0 aliphatic rings. The Labute approximate surface area is 135 Å². The monoisotopic (exact) mass is 318 g/mol. The summed E-state index contributed by atoms with van der Waals surface area (Å²) in [5.74, 6) is 1.20. The number of hydrogen-bond donors (Lipinski definition) is 3. The van der Waals surface area contributed by atoms with Crippen molar-refractivity contribution in [1.82, 2.24) is 5.32 Å². The van der Waals surface area contributed by atoms with Crippen LogP contribution >= 0.6 is 0 Å². The Bertz CT molecular complexity index is 626. The predicted octanol–water partition coefficient (Wildman–Crippen LogP) is 3.23. The fourth-order valence-electron chi connectivity index (χ4n) is 2.02. The minimum atomic E-state index is -0.873. The number of carbonyl (C=O) groups excluding carboxylic acids is 1. The molecule has 0 bridgehead atoms. The number of carbonyl (C=O) groups is 1. The highest BCUT2D eigenvalue weighted by molar-refractivity contribution is 5.90. The van der Waals surface area contributed by atoms with Gasteiger partial charge in [0, 0.05) is 5.69 Å². The fourth-order valence-corrected chi connectivity index (χ4v) is 2.02. The standard InChI is InChI=1S/C17H22N2O4/c1-3-8-22-13-6-7-14(12(2)10-13)19-17(21)18-11-15(20)16-5-4-9-23-16/h4-7,9-10,15,20H,3,8,11H2,1-2H3,(H2,18,19,21). The maximum Gasteiger partial charge on any atom is 0.319 e. The summed E-state index contributed by atoms with van der Waals surface area (Å²) in [6.45, 7) is 4.67. The van der Waals surface area contributed by atoms with Gasteiger partial charge in [0.05, 0.1) is 19.4 Å². The van der Waals surface area contributed by atoms with Crippen molar-refractivity contribution in [1.29, 1.82) is 0 Å². The number of nitrogens with one attached hydrogen (secondary N) is 2. The third kappa shape index (κ3) is 5.03. The maximum absolute atomic E-state index is 11.9. The lowest BCUT2D eigenvalue weighted by Crippen LogP contribution is -2.32. The van der Waals surface area contributed by atoms with Crippen LogP contribution in [-0.2, 0) is 0 Å². The summed E-state index contributed by atoms with van der Waals surface area (Å²) < 4.78 is 10.6. The lowest BCUT2D eigenvalue weighted by molar-refractivity contribution is 0.149. The number of anilines is 1.